The number of aromatic nitrogens is 1. The number of alkyl halides is 3. The number of nitrogens with zero attached hydrogens (tertiary/aromatic N) is 1. The number of hydrogen-bond acceptors (Lipinski definition) is 7. The van der Waals surface area contributed by atoms with E-state index in [1.807, 2.05) is 0 Å². The zero-order chi connectivity index (χ0) is 20.9. The smallest absolute Gasteiger partial charge is 0.438 e. The van der Waals surface area contributed by atoms with Gasteiger partial charge in [-0.15, -0.1) is 13.2 Å². The first kappa shape index (κ1) is 20.4. The average Bonchev–Trinajstić information content (AvgIpc) is 3.14. The van der Waals surface area contributed by atoms with Crippen LogP contribution in [0.1, 0.15) is 22.2 Å². The van der Waals surface area contributed by atoms with Gasteiger partial charge in [-0.2, -0.15) is 0 Å². The lowest BCUT2D eigenvalue weighted by Crippen LogP contribution is -2.27. The van der Waals surface area contributed by atoms with Gasteiger partial charge in [-0.1, -0.05) is 12.1 Å². The topological polar surface area (TPSA) is 102 Å². The van der Waals surface area contributed by atoms with E-state index in [9.17, 15) is 18.0 Å². The first-order chi connectivity index (χ1) is 13.8. The van der Waals surface area contributed by atoms with Crippen LogP contribution in [0.2, 0.25) is 0 Å². The van der Waals surface area contributed by atoms with Gasteiger partial charge in [0.25, 0.3) is 5.91 Å². The molecule has 1 amide bonds. The van der Waals surface area contributed by atoms with E-state index in [0.717, 1.165) is 0 Å². The maximum Gasteiger partial charge on any atom is 0.573 e. The Hall–Kier alpha value is -3.31. The highest BCUT2D eigenvalue weighted by Crippen LogP contribution is 2.28. The molecule has 0 aliphatic carbocycles. The molecule has 0 bridgehead atoms. The number of halogens is 3. The fourth-order valence-corrected chi connectivity index (χ4v) is 2.37. The Morgan fingerprint density at radius 1 is 1.21 bits per heavy atom. The second-order valence-corrected chi connectivity index (χ2v) is 5.75. The van der Waals surface area contributed by atoms with Gasteiger partial charge in [0.1, 0.15) is 23.3 Å². The SMILES string of the molecule is O=C(NCCO)c1ccc(OC2=CC(c3ccc(OC(F)(F)F)cc3)ON2)cn1. The lowest BCUT2D eigenvalue weighted by atomic mass is 10.1. The molecule has 1 unspecified atom stereocenters. The van der Waals surface area contributed by atoms with Crippen molar-refractivity contribution in [2.24, 2.45) is 0 Å². The lowest BCUT2D eigenvalue weighted by Gasteiger charge is -2.11. The number of ether oxygens (including phenoxy) is 2. The summed E-state index contributed by atoms with van der Waals surface area (Å²) in [6.45, 7) is -0.0520. The van der Waals surface area contributed by atoms with Crippen LogP contribution in [0.15, 0.2) is 54.6 Å². The minimum absolute atomic E-state index is 0.123. The number of amides is 1. The number of rotatable bonds is 7. The van der Waals surface area contributed by atoms with E-state index in [-0.39, 0.29) is 30.5 Å². The normalized spacial score (nSPS) is 16.0. The van der Waals surface area contributed by atoms with Crippen molar-refractivity contribution in [2.75, 3.05) is 13.2 Å². The maximum absolute atomic E-state index is 12.2. The van der Waals surface area contributed by atoms with Crippen molar-refractivity contribution in [3.63, 3.8) is 0 Å². The van der Waals surface area contributed by atoms with Crippen molar-refractivity contribution in [3.05, 3.63) is 65.8 Å². The molecule has 0 spiro atoms. The summed E-state index contributed by atoms with van der Waals surface area (Å²) in [6, 6.07) is 8.23. The molecule has 1 aromatic carbocycles. The van der Waals surface area contributed by atoms with E-state index >= 15 is 0 Å². The summed E-state index contributed by atoms with van der Waals surface area (Å²) in [5.41, 5.74) is 3.31. The molecule has 2 heterocycles. The molecule has 11 heteroatoms. The van der Waals surface area contributed by atoms with Gasteiger partial charge in [-0.05, 0) is 29.8 Å². The Balaban J connectivity index is 1.59. The molecule has 154 valence electrons. The van der Waals surface area contributed by atoms with Crippen LogP contribution < -0.4 is 20.3 Å². The fraction of sp³-hybridized carbons (Fsp3) is 0.222. The molecule has 1 aliphatic rings. The number of hydrogen-bond donors (Lipinski definition) is 3. The summed E-state index contributed by atoms with van der Waals surface area (Å²) in [7, 11) is 0. The number of carbonyl (C=O) groups is 1. The minimum atomic E-state index is -4.75. The van der Waals surface area contributed by atoms with E-state index in [2.05, 4.69) is 20.5 Å². The van der Waals surface area contributed by atoms with Crippen LogP contribution in [0.25, 0.3) is 0 Å². The van der Waals surface area contributed by atoms with Crippen molar-refractivity contribution in [1.29, 1.82) is 0 Å². The Morgan fingerprint density at radius 3 is 2.55 bits per heavy atom. The first-order valence-corrected chi connectivity index (χ1v) is 8.36. The fourth-order valence-electron chi connectivity index (χ4n) is 2.37. The molecule has 0 fully saturated rings. The zero-order valence-electron chi connectivity index (χ0n) is 14.8. The van der Waals surface area contributed by atoms with Gasteiger partial charge in [0.2, 0.25) is 5.88 Å². The molecular formula is C18H16F3N3O5. The quantitative estimate of drug-likeness (QED) is 0.642. The largest absolute Gasteiger partial charge is 0.573 e. The van der Waals surface area contributed by atoms with Gasteiger partial charge in [-0.25, -0.2) is 10.5 Å². The van der Waals surface area contributed by atoms with Crippen LogP contribution in [0.3, 0.4) is 0 Å². The lowest BCUT2D eigenvalue weighted by molar-refractivity contribution is -0.274. The highest BCUT2D eigenvalue weighted by atomic mass is 19.4. The third-order valence-corrected chi connectivity index (χ3v) is 3.63. The van der Waals surface area contributed by atoms with Gasteiger partial charge < -0.3 is 19.9 Å². The number of aliphatic hydroxyl groups is 1. The van der Waals surface area contributed by atoms with Gasteiger partial charge in [0, 0.05) is 12.6 Å². The first-order valence-electron chi connectivity index (χ1n) is 8.36. The molecule has 0 saturated carbocycles. The molecule has 1 aromatic heterocycles. The molecule has 3 N–H and O–H groups in total. The molecule has 3 rings (SSSR count). The van der Waals surface area contributed by atoms with Crippen LogP contribution in [-0.2, 0) is 4.84 Å². The predicted molar refractivity (Wildman–Crippen MR) is 92.5 cm³/mol. The van der Waals surface area contributed by atoms with Crippen LogP contribution in [-0.4, -0.2) is 35.5 Å². The molecular weight excluding hydrogens is 395 g/mol. The molecule has 8 nitrogen and oxygen atoms in total. The van der Waals surface area contributed by atoms with Crippen LogP contribution in [0, 0.1) is 0 Å². The zero-order valence-corrected chi connectivity index (χ0v) is 14.8. The van der Waals surface area contributed by atoms with Gasteiger partial charge in [0.05, 0.1) is 12.8 Å². The summed E-state index contributed by atoms with van der Waals surface area (Å²) in [5, 5.41) is 11.2. The number of hydroxylamine groups is 1. The van der Waals surface area contributed by atoms with Crippen LogP contribution >= 0.6 is 0 Å². The van der Waals surface area contributed by atoms with E-state index in [4.69, 9.17) is 14.7 Å². The number of carbonyl (C=O) groups excluding carboxylic acids is 1. The predicted octanol–water partition coefficient (Wildman–Crippen LogP) is 2.20. The third kappa shape index (κ3) is 5.83. The third-order valence-electron chi connectivity index (χ3n) is 3.63. The average molecular weight is 411 g/mol. The highest BCUT2D eigenvalue weighted by Gasteiger charge is 2.31. The summed E-state index contributed by atoms with van der Waals surface area (Å²) >= 11 is 0. The monoisotopic (exact) mass is 411 g/mol. The Kier molecular flexibility index (Phi) is 6.20. The summed E-state index contributed by atoms with van der Waals surface area (Å²) in [4.78, 5) is 21.0. The Labute approximate surface area is 162 Å². The second-order valence-electron chi connectivity index (χ2n) is 5.75. The van der Waals surface area contributed by atoms with Crippen LogP contribution in [0.4, 0.5) is 13.2 Å². The Bertz CT molecular complexity index is 870. The number of aliphatic hydroxyl groups excluding tert-OH is 1. The van der Waals surface area contributed by atoms with Gasteiger partial charge in [-0.3, -0.25) is 9.63 Å². The molecule has 2 aromatic rings. The van der Waals surface area contributed by atoms with Crippen molar-refractivity contribution in [2.45, 2.75) is 12.5 Å². The van der Waals surface area contributed by atoms with Crippen LogP contribution in [0.5, 0.6) is 11.5 Å². The number of nitrogens with one attached hydrogen (secondary N) is 2. The van der Waals surface area contributed by atoms with Crippen molar-refractivity contribution in [3.8, 4) is 11.5 Å². The highest BCUT2D eigenvalue weighted by molar-refractivity contribution is 5.92. The second kappa shape index (κ2) is 8.80. The summed E-state index contributed by atoms with van der Waals surface area (Å²) in [6.07, 6.45) is -2.41. The van der Waals surface area contributed by atoms with E-state index < -0.39 is 18.4 Å². The summed E-state index contributed by atoms with van der Waals surface area (Å²) in [5.74, 6) is -0.169. The number of benzene rings is 1. The van der Waals surface area contributed by atoms with E-state index in [0.29, 0.717) is 11.3 Å². The maximum atomic E-state index is 12.2. The molecule has 1 atom stereocenters. The standard InChI is InChI=1S/C18H16F3N3O5/c19-18(20,21)28-12-3-1-11(2-4-12)15-9-16(24-29-15)27-13-5-6-14(23-10-13)17(26)22-7-8-25/h1-6,9-10,15,24-25H,7-8H2,(H,22,26). The van der Waals surface area contributed by atoms with Gasteiger partial charge >= 0.3 is 6.36 Å². The van der Waals surface area contributed by atoms with Crippen molar-refractivity contribution in [1.82, 2.24) is 15.8 Å². The van der Waals surface area contributed by atoms with Gasteiger partial charge in [0.15, 0.2) is 0 Å². The number of pyridine rings is 1. The molecule has 29 heavy (non-hydrogen) atoms. The van der Waals surface area contributed by atoms with E-state index in [1.54, 1.807) is 6.08 Å². The molecule has 0 saturated heterocycles. The van der Waals surface area contributed by atoms with E-state index in [1.165, 1.54) is 42.6 Å². The minimum Gasteiger partial charge on any atom is -0.438 e. The van der Waals surface area contributed by atoms with Crippen molar-refractivity contribution >= 4 is 5.91 Å². The molecule has 0 radical (unpaired) electrons. The van der Waals surface area contributed by atoms with Crippen molar-refractivity contribution < 1.29 is 37.4 Å². The molecule has 1 aliphatic heterocycles. The Morgan fingerprint density at radius 2 is 1.93 bits per heavy atom. The summed E-state index contributed by atoms with van der Waals surface area (Å²) < 4.78 is 46.0.